The number of amides is 1. The van der Waals surface area contributed by atoms with E-state index in [0.717, 1.165) is 89.9 Å². The van der Waals surface area contributed by atoms with Gasteiger partial charge in [0.25, 0.3) is 7.82 Å². The summed E-state index contributed by atoms with van der Waals surface area (Å²) in [6, 6.07) is -0.911. The maximum Gasteiger partial charge on any atom is 0.306 e. The van der Waals surface area contributed by atoms with Crippen LogP contribution in [0.15, 0.2) is 97.2 Å². The molecule has 0 aliphatic rings. The number of rotatable bonds is 60. The van der Waals surface area contributed by atoms with E-state index < -0.39 is 26.6 Å². The van der Waals surface area contributed by atoms with Crippen LogP contribution < -0.4 is 10.2 Å². The Morgan fingerprint density at radius 2 is 0.753 bits per heavy atom. The topological polar surface area (TPSA) is 114 Å². The monoisotopic (exact) mass is 1150 g/mol. The Balaban J connectivity index is 5.14. The number of phosphoric ester groups is 1. The lowest BCUT2D eigenvalue weighted by atomic mass is 10.0. The van der Waals surface area contributed by atoms with E-state index in [1.165, 1.54) is 161 Å². The van der Waals surface area contributed by atoms with Gasteiger partial charge in [0.05, 0.1) is 33.8 Å². The van der Waals surface area contributed by atoms with Crippen LogP contribution in [0, 0.1) is 0 Å². The van der Waals surface area contributed by atoms with Crippen LogP contribution in [-0.4, -0.2) is 69.4 Å². The molecule has 0 fully saturated rings. The molecule has 81 heavy (non-hydrogen) atoms. The maximum atomic E-state index is 13.5. The number of unbranched alkanes of at least 4 members (excludes halogenated alkanes) is 30. The lowest BCUT2D eigenvalue weighted by Gasteiger charge is -2.30. The van der Waals surface area contributed by atoms with Crippen molar-refractivity contribution in [1.29, 1.82) is 0 Å². The minimum absolute atomic E-state index is 0.0328. The van der Waals surface area contributed by atoms with Gasteiger partial charge in [-0.3, -0.25) is 14.2 Å². The third-order valence-corrected chi connectivity index (χ3v) is 15.5. The van der Waals surface area contributed by atoms with Crippen LogP contribution in [0.25, 0.3) is 0 Å². The molecule has 10 heteroatoms. The highest BCUT2D eigenvalue weighted by molar-refractivity contribution is 7.45. The minimum Gasteiger partial charge on any atom is -0.756 e. The number of quaternary nitrogens is 1. The number of likely N-dealkylation sites (N-methyl/N-ethyl adjacent to an activating group) is 1. The highest BCUT2D eigenvalue weighted by Crippen LogP contribution is 2.38. The van der Waals surface area contributed by atoms with Crippen molar-refractivity contribution in [3.05, 3.63) is 97.2 Å². The molecule has 1 amide bonds. The Morgan fingerprint density at radius 3 is 1.16 bits per heavy atom. The summed E-state index contributed by atoms with van der Waals surface area (Å²) < 4.78 is 30.3. The minimum atomic E-state index is -4.71. The lowest BCUT2D eigenvalue weighted by molar-refractivity contribution is -0.870. The molecule has 0 aliphatic carbocycles. The predicted octanol–water partition coefficient (Wildman–Crippen LogP) is 20.5. The maximum absolute atomic E-state index is 13.5. The number of allylic oxidation sites excluding steroid dienone is 15. The molecular weight excluding hydrogens is 1020 g/mol. The summed E-state index contributed by atoms with van der Waals surface area (Å²) in [6.45, 7) is 6.76. The molecule has 0 spiro atoms. The van der Waals surface area contributed by atoms with Gasteiger partial charge in [0.1, 0.15) is 19.3 Å². The van der Waals surface area contributed by atoms with Gasteiger partial charge in [0.15, 0.2) is 0 Å². The van der Waals surface area contributed by atoms with Crippen molar-refractivity contribution in [1.82, 2.24) is 5.32 Å². The number of hydrogen-bond acceptors (Lipinski definition) is 7. The lowest BCUT2D eigenvalue weighted by Crippen LogP contribution is -2.47. The van der Waals surface area contributed by atoms with Gasteiger partial charge in [-0.25, -0.2) is 0 Å². The number of esters is 1. The zero-order valence-corrected chi connectivity index (χ0v) is 54.4. The molecule has 3 atom stereocenters. The van der Waals surface area contributed by atoms with Crippen LogP contribution in [0.1, 0.15) is 290 Å². The molecule has 9 nitrogen and oxygen atoms in total. The second-order valence-electron chi connectivity index (χ2n) is 23.6. The molecule has 0 rings (SSSR count). The number of phosphoric acid groups is 1. The summed E-state index contributed by atoms with van der Waals surface area (Å²) in [5.41, 5.74) is 0. The Bertz CT molecular complexity index is 1710. The number of nitrogens with one attached hydrogen (secondary N) is 1. The van der Waals surface area contributed by atoms with Crippen LogP contribution in [0.5, 0.6) is 0 Å². The van der Waals surface area contributed by atoms with E-state index in [1.54, 1.807) is 0 Å². The molecule has 1 N–H and O–H groups in total. The first-order chi connectivity index (χ1) is 39.4. The van der Waals surface area contributed by atoms with Crippen molar-refractivity contribution >= 4 is 19.7 Å². The Labute approximate surface area is 500 Å². The van der Waals surface area contributed by atoms with Crippen LogP contribution in [0.2, 0.25) is 0 Å². The SMILES string of the molecule is CCCCC/C=C\C/C=C\C/C=C\C/C=C\CCCCCC(=O)NC(COP(=O)([O-])OCC[N+](C)(C)C)C(/C=C\CCCCCCCCCCC)OC(=O)CCCCCCCCCCCCCC/C=C\C/C=C\C/C=C\CCCCC. The largest absolute Gasteiger partial charge is 0.756 e. The third kappa shape index (κ3) is 61.3. The van der Waals surface area contributed by atoms with Crippen LogP contribution in [0.3, 0.4) is 0 Å². The van der Waals surface area contributed by atoms with Gasteiger partial charge in [-0.2, -0.15) is 0 Å². The smallest absolute Gasteiger partial charge is 0.306 e. The molecular formula is C71H127N2O7P. The number of ether oxygens (including phenoxy) is 1. The van der Waals surface area contributed by atoms with Gasteiger partial charge in [0.2, 0.25) is 5.91 Å². The summed E-state index contributed by atoms with van der Waals surface area (Å²) in [4.78, 5) is 40.1. The van der Waals surface area contributed by atoms with Gasteiger partial charge >= 0.3 is 5.97 Å². The predicted molar refractivity (Wildman–Crippen MR) is 348 cm³/mol. The molecule has 0 aromatic carbocycles. The molecule has 0 heterocycles. The van der Waals surface area contributed by atoms with E-state index in [4.69, 9.17) is 13.8 Å². The molecule has 3 unspecified atom stereocenters. The first-order valence-corrected chi connectivity index (χ1v) is 35.0. The molecule has 468 valence electrons. The molecule has 0 bridgehead atoms. The average molecular weight is 1150 g/mol. The van der Waals surface area contributed by atoms with Crippen molar-refractivity contribution < 1.29 is 37.3 Å². The van der Waals surface area contributed by atoms with Crippen molar-refractivity contribution in [2.75, 3.05) is 40.9 Å². The second-order valence-corrected chi connectivity index (χ2v) is 25.0. The number of hydrogen-bond donors (Lipinski definition) is 1. The summed E-state index contributed by atoms with van der Waals surface area (Å²) in [6.07, 6.45) is 81.0. The molecule has 0 saturated heterocycles. The quantitative estimate of drug-likeness (QED) is 0.0212. The van der Waals surface area contributed by atoms with Crippen LogP contribution in [-0.2, 0) is 27.9 Å². The van der Waals surface area contributed by atoms with Crippen molar-refractivity contribution in [3.8, 4) is 0 Å². The van der Waals surface area contributed by atoms with E-state index in [1.807, 2.05) is 33.3 Å². The summed E-state index contributed by atoms with van der Waals surface area (Å²) >= 11 is 0. The molecule has 0 radical (unpaired) electrons. The molecule has 0 saturated carbocycles. The molecule has 0 aromatic rings. The van der Waals surface area contributed by atoms with Crippen molar-refractivity contribution in [2.24, 2.45) is 0 Å². The van der Waals surface area contributed by atoms with Gasteiger partial charge in [-0.05, 0) is 115 Å². The zero-order valence-electron chi connectivity index (χ0n) is 53.5. The average Bonchev–Trinajstić information content (AvgIpc) is 3.43. The third-order valence-electron chi connectivity index (χ3n) is 14.5. The van der Waals surface area contributed by atoms with Gasteiger partial charge in [-0.15, -0.1) is 0 Å². The number of nitrogens with zero attached hydrogens (tertiary/aromatic N) is 1. The molecule has 0 aromatic heterocycles. The first-order valence-electron chi connectivity index (χ1n) is 33.5. The standard InChI is InChI=1S/C71H127N2O7P/c1-7-10-13-16-19-22-25-27-29-31-33-34-35-36-37-38-40-42-44-46-49-52-55-58-61-64-71(75)80-69(62-59-56-53-50-47-24-21-18-15-12-9-3)68(67-79-81(76,77)78-66-65-73(4,5)6)72-70(74)63-60-57-54-51-48-45-43-41-39-32-30-28-26-23-20-17-14-11-8-2/h19-20,22-23,27-30,33-34,39,41,45,48,59,62,68-69H,7-18,21,24-26,31-32,35-38,40,42-44,46-47,49-58,60-61,63-67H2,1-6H3,(H-,72,74,76,77)/b22-19-,23-20-,29-27-,30-28-,34-33-,41-39-,48-45-,62-59-. The van der Waals surface area contributed by atoms with E-state index in [-0.39, 0.29) is 31.3 Å². The summed E-state index contributed by atoms with van der Waals surface area (Å²) in [7, 11) is 1.15. The van der Waals surface area contributed by atoms with E-state index in [2.05, 4.69) is 111 Å². The van der Waals surface area contributed by atoms with E-state index >= 15 is 0 Å². The normalized spacial score (nSPS) is 14.2. The Kier molecular flexibility index (Phi) is 57.8. The number of carbonyl (C=O) groups excluding carboxylic acids is 2. The van der Waals surface area contributed by atoms with Gasteiger partial charge in [0, 0.05) is 12.8 Å². The van der Waals surface area contributed by atoms with E-state index in [0.29, 0.717) is 17.4 Å². The fourth-order valence-corrected chi connectivity index (χ4v) is 10.0. The summed E-state index contributed by atoms with van der Waals surface area (Å²) in [5, 5.41) is 3.01. The number of carbonyl (C=O) groups is 2. The van der Waals surface area contributed by atoms with Crippen LogP contribution in [0.4, 0.5) is 0 Å². The van der Waals surface area contributed by atoms with Crippen molar-refractivity contribution in [2.45, 2.75) is 303 Å². The Hall–Kier alpha value is -3.07. The van der Waals surface area contributed by atoms with Gasteiger partial charge in [-0.1, -0.05) is 260 Å². The highest BCUT2D eigenvalue weighted by atomic mass is 31.2. The summed E-state index contributed by atoms with van der Waals surface area (Å²) in [5.74, 6) is -0.579. The Morgan fingerprint density at radius 1 is 0.432 bits per heavy atom. The fraction of sp³-hybridized carbons (Fsp3) is 0.746. The van der Waals surface area contributed by atoms with Crippen molar-refractivity contribution in [3.63, 3.8) is 0 Å². The van der Waals surface area contributed by atoms with E-state index in [9.17, 15) is 19.0 Å². The molecule has 0 aliphatic heterocycles. The second kappa shape index (κ2) is 60.1. The van der Waals surface area contributed by atoms with Gasteiger partial charge < -0.3 is 28.5 Å². The van der Waals surface area contributed by atoms with Crippen LogP contribution >= 0.6 is 7.82 Å². The highest BCUT2D eigenvalue weighted by Gasteiger charge is 2.27. The first kappa shape index (κ1) is 77.9. The zero-order chi connectivity index (χ0) is 59.3. The fourth-order valence-electron chi connectivity index (χ4n) is 9.28.